The molecule has 0 atom stereocenters. The highest BCUT2D eigenvalue weighted by Gasteiger charge is 2.32. The maximum absolute atomic E-state index is 11.1. The van der Waals surface area contributed by atoms with Crippen molar-refractivity contribution in [1.29, 1.82) is 0 Å². The fraction of sp³-hybridized carbons (Fsp3) is 0.571. The summed E-state index contributed by atoms with van der Waals surface area (Å²) in [6.45, 7) is 2.22. The molecule has 19 heavy (non-hydrogen) atoms. The highest BCUT2D eigenvalue weighted by atomic mass is 35.5. The standard InChI is InChI=1S/C14H19ClN2O2/c1-10-4-6-14(16,7-5-10)9-11-8-12(15)2-3-13(11)17(18)19/h2-3,8,10H,4-7,9,16H2,1H3. The number of nitrogens with two attached hydrogens (primary N) is 1. The largest absolute Gasteiger partial charge is 0.325 e. The first-order valence-electron chi connectivity index (χ1n) is 6.61. The summed E-state index contributed by atoms with van der Waals surface area (Å²) in [6, 6.07) is 4.69. The van der Waals surface area contributed by atoms with Gasteiger partial charge in [0.2, 0.25) is 0 Å². The van der Waals surface area contributed by atoms with Gasteiger partial charge < -0.3 is 5.73 Å². The van der Waals surface area contributed by atoms with Gasteiger partial charge in [-0.3, -0.25) is 10.1 Å². The quantitative estimate of drug-likeness (QED) is 0.679. The Balaban J connectivity index is 2.22. The fourth-order valence-corrected chi connectivity index (χ4v) is 2.96. The molecule has 2 N–H and O–H groups in total. The number of halogens is 1. The molecule has 2 rings (SSSR count). The molecule has 0 radical (unpaired) electrons. The van der Waals surface area contributed by atoms with Crippen LogP contribution in [0.3, 0.4) is 0 Å². The normalized spacial score (nSPS) is 27.2. The van der Waals surface area contributed by atoms with Crippen molar-refractivity contribution < 1.29 is 4.92 Å². The molecule has 4 nitrogen and oxygen atoms in total. The zero-order valence-corrected chi connectivity index (χ0v) is 11.8. The third kappa shape index (κ3) is 3.45. The van der Waals surface area contributed by atoms with Crippen LogP contribution >= 0.6 is 11.6 Å². The third-order valence-corrected chi connectivity index (χ3v) is 4.29. The minimum absolute atomic E-state index is 0.118. The molecule has 0 heterocycles. The van der Waals surface area contributed by atoms with Crippen LogP contribution in [0.4, 0.5) is 5.69 Å². The van der Waals surface area contributed by atoms with Crippen LogP contribution in [0, 0.1) is 16.0 Å². The number of nitrogens with zero attached hydrogens (tertiary/aromatic N) is 1. The van der Waals surface area contributed by atoms with Crippen molar-refractivity contribution in [3.63, 3.8) is 0 Å². The predicted molar refractivity (Wildman–Crippen MR) is 76.4 cm³/mol. The van der Waals surface area contributed by atoms with Gasteiger partial charge in [-0.2, -0.15) is 0 Å². The number of benzene rings is 1. The number of nitro benzene ring substituents is 1. The molecule has 0 aliphatic heterocycles. The van der Waals surface area contributed by atoms with E-state index in [1.807, 2.05) is 0 Å². The Labute approximate surface area is 118 Å². The molecule has 0 aromatic heterocycles. The lowest BCUT2D eigenvalue weighted by Crippen LogP contribution is -2.45. The minimum atomic E-state index is -0.361. The average Bonchev–Trinajstić information content (AvgIpc) is 2.33. The second-order valence-electron chi connectivity index (χ2n) is 5.75. The Hall–Kier alpha value is -1.13. The minimum Gasteiger partial charge on any atom is -0.325 e. The van der Waals surface area contributed by atoms with Gasteiger partial charge in [-0.1, -0.05) is 18.5 Å². The summed E-state index contributed by atoms with van der Waals surface area (Å²) in [5, 5.41) is 11.6. The maximum Gasteiger partial charge on any atom is 0.272 e. The molecule has 0 spiro atoms. The van der Waals surface area contributed by atoms with Gasteiger partial charge in [0.05, 0.1) is 4.92 Å². The zero-order chi connectivity index (χ0) is 14.0. The third-order valence-electron chi connectivity index (χ3n) is 4.05. The Morgan fingerprint density at radius 3 is 2.68 bits per heavy atom. The topological polar surface area (TPSA) is 69.2 Å². The summed E-state index contributed by atoms with van der Waals surface area (Å²) in [5.74, 6) is 0.700. The van der Waals surface area contributed by atoms with Crippen molar-refractivity contribution in [2.75, 3.05) is 0 Å². The van der Waals surface area contributed by atoms with Crippen LogP contribution in [0.1, 0.15) is 38.2 Å². The van der Waals surface area contributed by atoms with E-state index in [9.17, 15) is 10.1 Å². The molecule has 1 aliphatic carbocycles. The van der Waals surface area contributed by atoms with Crippen LogP contribution in [-0.4, -0.2) is 10.5 Å². The van der Waals surface area contributed by atoms with Gasteiger partial charge in [0, 0.05) is 22.2 Å². The fourth-order valence-electron chi connectivity index (χ4n) is 2.77. The van der Waals surface area contributed by atoms with E-state index >= 15 is 0 Å². The highest BCUT2D eigenvalue weighted by Crippen LogP contribution is 2.35. The van der Waals surface area contributed by atoms with Gasteiger partial charge in [-0.15, -0.1) is 0 Å². The van der Waals surface area contributed by atoms with E-state index in [2.05, 4.69) is 6.92 Å². The van der Waals surface area contributed by atoms with Gasteiger partial charge >= 0.3 is 0 Å². The Morgan fingerprint density at radius 2 is 2.11 bits per heavy atom. The highest BCUT2D eigenvalue weighted by molar-refractivity contribution is 6.30. The lowest BCUT2D eigenvalue weighted by molar-refractivity contribution is -0.385. The van der Waals surface area contributed by atoms with E-state index in [1.54, 1.807) is 12.1 Å². The predicted octanol–water partition coefficient (Wildman–Crippen LogP) is 3.70. The number of nitro groups is 1. The van der Waals surface area contributed by atoms with Crippen molar-refractivity contribution in [1.82, 2.24) is 0 Å². The monoisotopic (exact) mass is 282 g/mol. The number of hydrogen-bond donors (Lipinski definition) is 1. The Morgan fingerprint density at radius 1 is 1.47 bits per heavy atom. The molecular weight excluding hydrogens is 264 g/mol. The van der Waals surface area contributed by atoms with Crippen LogP contribution < -0.4 is 5.73 Å². The molecule has 0 saturated heterocycles. The smallest absolute Gasteiger partial charge is 0.272 e. The van der Waals surface area contributed by atoms with Gasteiger partial charge in [0.15, 0.2) is 0 Å². The van der Waals surface area contributed by atoms with E-state index in [0.717, 1.165) is 25.7 Å². The van der Waals surface area contributed by atoms with Crippen molar-refractivity contribution in [3.05, 3.63) is 38.9 Å². The van der Waals surface area contributed by atoms with Crippen molar-refractivity contribution in [3.8, 4) is 0 Å². The van der Waals surface area contributed by atoms with Crippen molar-refractivity contribution >= 4 is 17.3 Å². The zero-order valence-electron chi connectivity index (χ0n) is 11.1. The van der Waals surface area contributed by atoms with Gasteiger partial charge in [0.1, 0.15) is 0 Å². The van der Waals surface area contributed by atoms with E-state index in [1.165, 1.54) is 6.07 Å². The van der Waals surface area contributed by atoms with E-state index in [0.29, 0.717) is 22.9 Å². The van der Waals surface area contributed by atoms with E-state index < -0.39 is 0 Å². The lowest BCUT2D eigenvalue weighted by atomic mass is 9.74. The molecule has 1 aliphatic rings. The first-order valence-corrected chi connectivity index (χ1v) is 6.99. The molecule has 1 aromatic rings. The van der Waals surface area contributed by atoms with Gasteiger partial charge in [-0.05, 0) is 50.2 Å². The van der Waals surface area contributed by atoms with E-state index in [4.69, 9.17) is 17.3 Å². The first kappa shape index (κ1) is 14.3. The summed E-state index contributed by atoms with van der Waals surface area (Å²) in [5.41, 5.74) is 6.84. The molecular formula is C14H19ClN2O2. The maximum atomic E-state index is 11.1. The summed E-state index contributed by atoms with van der Waals surface area (Å²) in [4.78, 5) is 10.7. The molecule has 5 heteroatoms. The molecule has 1 saturated carbocycles. The molecule has 1 aromatic carbocycles. The first-order chi connectivity index (χ1) is 8.89. The molecule has 1 fully saturated rings. The van der Waals surface area contributed by atoms with Crippen LogP contribution in [0.5, 0.6) is 0 Å². The van der Waals surface area contributed by atoms with Gasteiger partial charge in [0.25, 0.3) is 5.69 Å². The Kier molecular flexibility index (Phi) is 4.11. The summed E-state index contributed by atoms with van der Waals surface area (Å²) in [7, 11) is 0. The molecule has 104 valence electrons. The van der Waals surface area contributed by atoms with E-state index in [-0.39, 0.29) is 16.1 Å². The average molecular weight is 283 g/mol. The second kappa shape index (κ2) is 5.47. The second-order valence-corrected chi connectivity index (χ2v) is 6.19. The molecule has 0 amide bonds. The number of hydrogen-bond acceptors (Lipinski definition) is 3. The van der Waals surface area contributed by atoms with Crippen molar-refractivity contribution in [2.45, 2.75) is 44.6 Å². The summed E-state index contributed by atoms with van der Waals surface area (Å²) in [6.07, 6.45) is 4.53. The van der Waals surface area contributed by atoms with Crippen LogP contribution in [0.25, 0.3) is 0 Å². The summed E-state index contributed by atoms with van der Waals surface area (Å²) < 4.78 is 0. The van der Waals surface area contributed by atoms with Crippen LogP contribution in [-0.2, 0) is 6.42 Å². The lowest BCUT2D eigenvalue weighted by Gasteiger charge is -2.36. The number of rotatable bonds is 3. The Bertz CT molecular complexity index is 482. The molecule has 0 unspecified atom stereocenters. The van der Waals surface area contributed by atoms with Crippen molar-refractivity contribution in [2.24, 2.45) is 11.7 Å². The summed E-state index contributed by atoms with van der Waals surface area (Å²) >= 11 is 5.94. The van der Waals surface area contributed by atoms with Gasteiger partial charge in [-0.25, -0.2) is 0 Å². The van der Waals surface area contributed by atoms with Crippen LogP contribution in [0.15, 0.2) is 18.2 Å². The molecule has 0 bridgehead atoms. The van der Waals surface area contributed by atoms with Crippen LogP contribution in [0.2, 0.25) is 5.02 Å². The SMILES string of the molecule is CC1CCC(N)(Cc2cc(Cl)ccc2[N+](=O)[O-])CC1.